The number of nitrogens with zero attached hydrogens (tertiary/aromatic N) is 2. The second-order valence-electron chi connectivity index (χ2n) is 6.48. The number of piperazine rings is 1. The molecular formula is C21H23F3N2O. The molecule has 0 N–H and O–H groups in total. The van der Waals surface area contributed by atoms with Crippen molar-refractivity contribution in [2.75, 3.05) is 39.3 Å². The molecule has 1 saturated heterocycles. The molecule has 0 radical (unpaired) electrons. The summed E-state index contributed by atoms with van der Waals surface area (Å²) in [5.74, 6) is 0.875. The molecule has 1 aliphatic heterocycles. The van der Waals surface area contributed by atoms with E-state index in [1.54, 1.807) is 12.1 Å². The van der Waals surface area contributed by atoms with Crippen LogP contribution in [0.15, 0.2) is 60.8 Å². The molecule has 0 amide bonds. The molecule has 2 aromatic carbocycles. The van der Waals surface area contributed by atoms with Crippen molar-refractivity contribution in [1.29, 1.82) is 0 Å². The van der Waals surface area contributed by atoms with Gasteiger partial charge in [-0.05, 0) is 42.1 Å². The Labute approximate surface area is 157 Å². The number of para-hydroxylation sites is 1. The normalized spacial score (nSPS) is 16.0. The first kappa shape index (κ1) is 19.3. The van der Waals surface area contributed by atoms with Gasteiger partial charge in [-0.2, -0.15) is 13.2 Å². The van der Waals surface area contributed by atoms with Gasteiger partial charge >= 0.3 is 6.18 Å². The largest absolute Gasteiger partial charge is 0.492 e. The summed E-state index contributed by atoms with van der Waals surface area (Å²) in [6.45, 7) is 5.02. The van der Waals surface area contributed by atoms with Gasteiger partial charge in [-0.25, -0.2) is 0 Å². The maximum atomic E-state index is 12.8. The van der Waals surface area contributed by atoms with Crippen LogP contribution in [0.4, 0.5) is 13.2 Å². The highest BCUT2D eigenvalue weighted by molar-refractivity contribution is 5.50. The summed E-state index contributed by atoms with van der Waals surface area (Å²) in [6.07, 6.45) is -0.687. The van der Waals surface area contributed by atoms with E-state index in [-0.39, 0.29) is 0 Å². The molecule has 3 rings (SSSR count). The van der Waals surface area contributed by atoms with Gasteiger partial charge < -0.3 is 9.64 Å². The second kappa shape index (κ2) is 8.95. The van der Waals surface area contributed by atoms with Crippen molar-refractivity contribution in [3.8, 4) is 5.75 Å². The van der Waals surface area contributed by atoms with E-state index < -0.39 is 11.7 Å². The lowest BCUT2D eigenvalue weighted by atomic mass is 10.1. The lowest BCUT2D eigenvalue weighted by Crippen LogP contribution is -2.45. The summed E-state index contributed by atoms with van der Waals surface area (Å²) in [5, 5.41) is 0. The van der Waals surface area contributed by atoms with E-state index in [0.29, 0.717) is 12.2 Å². The molecule has 0 unspecified atom stereocenters. The van der Waals surface area contributed by atoms with Crippen LogP contribution in [0.25, 0.3) is 6.08 Å². The molecule has 6 heteroatoms. The summed E-state index contributed by atoms with van der Waals surface area (Å²) in [7, 11) is 0. The molecule has 2 aromatic rings. The van der Waals surface area contributed by atoms with Crippen molar-refractivity contribution in [2.45, 2.75) is 6.18 Å². The van der Waals surface area contributed by atoms with Gasteiger partial charge in [-0.1, -0.05) is 30.3 Å². The number of benzene rings is 2. The van der Waals surface area contributed by atoms with E-state index in [1.807, 2.05) is 36.5 Å². The predicted molar refractivity (Wildman–Crippen MR) is 100 cm³/mol. The van der Waals surface area contributed by atoms with Crippen molar-refractivity contribution in [3.05, 3.63) is 71.9 Å². The SMILES string of the molecule is FC(F)(F)c1cccc(C=CN2CCN(CCOc3ccccc3)CC2)c1. The van der Waals surface area contributed by atoms with Crippen LogP contribution in [-0.2, 0) is 6.18 Å². The zero-order valence-electron chi connectivity index (χ0n) is 15.0. The van der Waals surface area contributed by atoms with Gasteiger partial charge in [-0.3, -0.25) is 4.90 Å². The third-order valence-corrected chi connectivity index (χ3v) is 4.52. The Kier molecular flexibility index (Phi) is 6.40. The van der Waals surface area contributed by atoms with Crippen LogP contribution in [-0.4, -0.2) is 49.1 Å². The molecular weight excluding hydrogens is 353 g/mol. The minimum Gasteiger partial charge on any atom is -0.492 e. The Morgan fingerprint density at radius 2 is 1.67 bits per heavy atom. The first-order valence-corrected chi connectivity index (χ1v) is 9.00. The predicted octanol–water partition coefficient (Wildman–Crippen LogP) is 4.37. The Balaban J connectivity index is 1.42. The average Bonchev–Trinajstić information content (AvgIpc) is 2.68. The van der Waals surface area contributed by atoms with E-state index in [1.165, 1.54) is 12.1 Å². The highest BCUT2D eigenvalue weighted by Gasteiger charge is 2.30. The van der Waals surface area contributed by atoms with Gasteiger partial charge in [0.15, 0.2) is 0 Å². The number of halogens is 3. The van der Waals surface area contributed by atoms with Crippen LogP contribution in [0.3, 0.4) is 0 Å². The maximum absolute atomic E-state index is 12.8. The fourth-order valence-corrected chi connectivity index (χ4v) is 2.96. The second-order valence-corrected chi connectivity index (χ2v) is 6.48. The van der Waals surface area contributed by atoms with Gasteiger partial charge in [-0.15, -0.1) is 0 Å². The number of rotatable bonds is 6. The van der Waals surface area contributed by atoms with Gasteiger partial charge in [0.2, 0.25) is 0 Å². The molecule has 0 atom stereocenters. The first-order valence-electron chi connectivity index (χ1n) is 9.00. The van der Waals surface area contributed by atoms with Crippen molar-refractivity contribution < 1.29 is 17.9 Å². The summed E-state index contributed by atoms with van der Waals surface area (Å²) < 4.78 is 44.0. The molecule has 1 heterocycles. The lowest BCUT2D eigenvalue weighted by molar-refractivity contribution is -0.137. The summed E-state index contributed by atoms with van der Waals surface area (Å²) >= 11 is 0. The van der Waals surface area contributed by atoms with Crippen LogP contribution >= 0.6 is 0 Å². The Hall–Kier alpha value is -2.47. The topological polar surface area (TPSA) is 15.7 Å². The third kappa shape index (κ3) is 6.03. The number of hydrogen-bond acceptors (Lipinski definition) is 3. The lowest BCUT2D eigenvalue weighted by Gasteiger charge is -2.34. The van der Waals surface area contributed by atoms with E-state index in [0.717, 1.165) is 44.5 Å². The molecule has 1 fully saturated rings. The smallest absolute Gasteiger partial charge is 0.416 e. The molecule has 144 valence electrons. The summed E-state index contributed by atoms with van der Waals surface area (Å²) in [4.78, 5) is 4.46. The highest BCUT2D eigenvalue weighted by Crippen LogP contribution is 2.29. The molecule has 0 bridgehead atoms. The van der Waals surface area contributed by atoms with E-state index in [4.69, 9.17) is 4.74 Å². The van der Waals surface area contributed by atoms with Crippen LogP contribution < -0.4 is 4.74 Å². The van der Waals surface area contributed by atoms with Gasteiger partial charge in [0.25, 0.3) is 0 Å². The molecule has 3 nitrogen and oxygen atoms in total. The maximum Gasteiger partial charge on any atom is 0.416 e. The van der Waals surface area contributed by atoms with Crippen LogP contribution in [0.5, 0.6) is 5.75 Å². The highest BCUT2D eigenvalue weighted by atomic mass is 19.4. The zero-order valence-corrected chi connectivity index (χ0v) is 15.0. The van der Waals surface area contributed by atoms with Gasteiger partial charge in [0.1, 0.15) is 12.4 Å². The third-order valence-electron chi connectivity index (χ3n) is 4.52. The minimum atomic E-state index is -4.31. The monoisotopic (exact) mass is 376 g/mol. The molecule has 1 aliphatic rings. The molecule has 27 heavy (non-hydrogen) atoms. The minimum absolute atomic E-state index is 0.559. The first-order chi connectivity index (χ1) is 13.0. The standard InChI is InChI=1S/C21H23F3N2O/c22-21(23,24)19-6-4-5-18(17-19)9-10-25-11-13-26(14-12-25)15-16-27-20-7-2-1-3-8-20/h1-10,17H,11-16H2. The van der Waals surface area contributed by atoms with Crippen molar-refractivity contribution in [3.63, 3.8) is 0 Å². The van der Waals surface area contributed by atoms with E-state index in [2.05, 4.69) is 9.80 Å². The van der Waals surface area contributed by atoms with Gasteiger partial charge in [0, 0.05) is 32.7 Å². The fraction of sp³-hybridized carbons (Fsp3) is 0.333. The molecule has 0 aromatic heterocycles. The van der Waals surface area contributed by atoms with Crippen LogP contribution in [0, 0.1) is 0 Å². The van der Waals surface area contributed by atoms with Crippen LogP contribution in [0.1, 0.15) is 11.1 Å². The number of ether oxygens (including phenoxy) is 1. The molecule has 0 aliphatic carbocycles. The van der Waals surface area contributed by atoms with Crippen LogP contribution in [0.2, 0.25) is 0 Å². The summed E-state index contributed by atoms with van der Waals surface area (Å²) in [5.41, 5.74) is -0.0589. The average molecular weight is 376 g/mol. The summed E-state index contributed by atoms with van der Waals surface area (Å²) in [6, 6.07) is 15.1. The van der Waals surface area contributed by atoms with E-state index in [9.17, 15) is 13.2 Å². The molecule has 0 spiro atoms. The van der Waals surface area contributed by atoms with Crippen molar-refractivity contribution >= 4 is 6.08 Å². The molecule has 0 saturated carbocycles. The van der Waals surface area contributed by atoms with Crippen molar-refractivity contribution in [2.24, 2.45) is 0 Å². The fourth-order valence-electron chi connectivity index (χ4n) is 2.96. The van der Waals surface area contributed by atoms with E-state index >= 15 is 0 Å². The van der Waals surface area contributed by atoms with Gasteiger partial charge in [0.05, 0.1) is 5.56 Å². The Morgan fingerprint density at radius 1 is 0.926 bits per heavy atom. The Morgan fingerprint density at radius 3 is 2.37 bits per heavy atom. The Bertz CT molecular complexity index is 739. The number of hydrogen-bond donors (Lipinski definition) is 0. The quantitative estimate of drug-likeness (QED) is 0.745. The zero-order chi connectivity index (χ0) is 19.1. The van der Waals surface area contributed by atoms with Crippen molar-refractivity contribution in [1.82, 2.24) is 9.80 Å². The number of alkyl halides is 3.